The highest BCUT2D eigenvalue weighted by Gasteiger charge is 2.50. The van der Waals surface area contributed by atoms with Gasteiger partial charge in [-0.25, -0.2) is 4.79 Å². The monoisotopic (exact) mass is 316 g/mol. The molecule has 23 heavy (non-hydrogen) atoms. The largest absolute Gasteiger partial charge is 0.494 e. The summed E-state index contributed by atoms with van der Waals surface area (Å²) in [6, 6.07) is 7.30. The van der Waals surface area contributed by atoms with Gasteiger partial charge in [0.1, 0.15) is 11.3 Å². The molecule has 124 valence electrons. The first-order valence-corrected chi connectivity index (χ1v) is 8.51. The Morgan fingerprint density at radius 3 is 2.52 bits per heavy atom. The second-order valence-corrected chi connectivity index (χ2v) is 6.36. The minimum atomic E-state index is -0.672. The van der Waals surface area contributed by atoms with E-state index in [4.69, 9.17) is 4.74 Å². The van der Waals surface area contributed by atoms with Crippen LogP contribution in [0.1, 0.15) is 51.0 Å². The second-order valence-electron chi connectivity index (χ2n) is 6.36. The highest BCUT2D eigenvalue weighted by atomic mass is 16.5. The highest BCUT2D eigenvalue weighted by Crippen LogP contribution is 2.34. The Bertz CT molecular complexity index is 592. The quantitative estimate of drug-likeness (QED) is 0.868. The van der Waals surface area contributed by atoms with Gasteiger partial charge >= 0.3 is 6.03 Å². The van der Waals surface area contributed by atoms with Gasteiger partial charge in [-0.15, -0.1) is 0 Å². The predicted octanol–water partition coefficient (Wildman–Crippen LogP) is 3.23. The summed E-state index contributed by atoms with van der Waals surface area (Å²) >= 11 is 0. The van der Waals surface area contributed by atoms with Gasteiger partial charge in [-0.2, -0.15) is 0 Å². The normalized spacial score (nSPS) is 20.5. The van der Waals surface area contributed by atoms with Gasteiger partial charge < -0.3 is 10.1 Å². The Labute approximate surface area is 137 Å². The number of imide groups is 1. The Hall–Kier alpha value is -2.04. The lowest BCUT2D eigenvalue weighted by Gasteiger charge is -2.24. The van der Waals surface area contributed by atoms with Gasteiger partial charge in [0.2, 0.25) is 0 Å². The zero-order chi connectivity index (χ0) is 16.3. The number of carbonyl (C=O) groups is 2. The number of amides is 3. The number of ether oxygens (including phenoxy) is 1. The van der Waals surface area contributed by atoms with E-state index in [1.54, 1.807) is 0 Å². The zero-order valence-electron chi connectivity index (χ0n) is 13.6. The van der Waals surface area contributed by atoms with E-state index < -0.39 is 5.54 Å². The molecule has 1 aromatic carbocycles. The summed E-state index contributed by atoms with van der Waals surface area (Å²) in [5.74, 6) is 0.660. The van der Waals surface area contributed by atoms with Crippen LogP contribution in [-0.4, -0.2) is 29.0 Å². The van der Waals surface area contributed by atoms with Crippen LogP contribution in [0.3, 0.4) is 0 Å². The molecule has 1 saturated heterocycles. The number of benzene rings is 1. The van der Waals surface area contributed by atoms with Crippen molar-refractivity contribution in [2.75, 3.05) is 6.61 Å². The molecule has 0 radical (unpaired) electrons. The van der Waals surface area contributed by atoms with E-state index in [9.17, 15) is 9.59 Å². The molecule has 3 rings (SSSR count). The first-order chi connectivity index (χ1) is 11.2. The first kappa shape index (κ1) is 15.8. The van der Waals surface area contributed by atoms with E-state index in [0.717, 1.165) is 49.8 Å². The maximum atomic E-state index is 12.9. The zero-order valence-corrected chi connectivity index (χ0v) is 13.6. The number of nitrogens with one attached hydrogen (secondary N) is 1. The van der Waals surface area contributed by atoms with Gasteiger partial charge in [0.15, 0.2) is 0 Å². The van der Waals surface area contributed by atoms with E-state index in [0.29, 0.717) is 6.61 Å². The van der Waals surface area contributed by atoms with Crippen LogP contribution in [0.2, 0.25) is 0 Å². The van der Waals surface area contributed by atoms with Gasteiger partial charge in [-0.05, 0) is 25.8 Å². The molecule has 5 nitrogen and oxygen atoms in total. The fourth-order valence-corrected chi connectivity index (χ4v) is 3.59. The van der Waals surface area contributed by atoms with Crippen molar-refractivity contribution in [3.05, 3.63) is 29.8 Å². The molecule has 0 atom stereocenters. The van der Waals surface area contributed by atoms with Crippen LogP contribution in [0.25, 0.3) is 0 Å². The van der Waals surface area contributed by atoms with Crippen molar-refractivity contribution in [1.29, 1.82) is 0 Å². The summed E-state index contributed by atoms with van der Waals surface area (Å²) < 4.78 is 5.61. The molecule has 0 aromatic heterocycles. The summed E-state index contributed by atoms with van der Waals surface area (Å²) in [5, 5.41) is 2.98. The topological polar surface area (TPSA) is 58.6 Å². The third-order valence-corrected chi connectivity index (χ3v) is 4.80. The lowest BCUT2D eigenvalue weighted by atomic mass is 9.90. The summed E-state index contributed by atoms with van der Waals surface area (Å²) in [4.78, 5) is 26.7. The van der Waals surface area contributed by atoms with Gasteiger partial charge in [0.25, 0.3) is 5.91 Å². The van der Waals surface area contributed by atoms with E-state index in [-0.39, 0.29) is 18.5 Å². The third-order valence-electron chi connectivity index (χ3n) is 4.80. The standard InChI is InChI=1S/C18H24N2O3/c1-2-23-15-10-6-5-9-14(15)13-20-16(21)18(19-17(20)22)11-7-3-4-8-12-18/h5-6,9-10H,2-4,7-8,11-13H2,1H3,(H,19,22). The maximum Gasteiger partial charge on any atom is 0.325 e. The van der Waals surface area contributed by atoms with Gasteiger partial charge in [-0.3, -0.25) is 9.69 Å². The molecule has 1 N–H and O–H groups in total. The SMILES string of the molecule is CCOc1ccccc1CN1C(=O)NC2(CCCCCC2)C1=O. The molecule has 0 unspecified atom stereocenters. The predicted molar refractivity (Wildman–Crippen MR) is 87.1 cm³/mol. The fourth-order valence-electron chi connectivity index (χ4n) is 3.59. The molecular formula is C18H24N2O3. The molecule has 1 saturated carbocycles. The highest BCUT2D eigenvalue weighted by molar-refractivity contribution is 6.07. The number of hydrogen-bond acceptors (Lipinski definition) is 3. The molecule has 5 heteroatoms. The van der Waals surface area contributed by atoms with Gasteiger partial charge in [-0.1, -0.05) is 43.9 Å². The average molecular weight is 316 g/mol. The molecule has 2 aliphatic rings. The van der Waals surface area contributed by atoms with Crippen LogP contribution in [0.4, 0.5) is 4.79 Å². The molecule has 1 spiro atoms. The van der Waals surface area contributed by atoms with Crippen molar-refractivity contribution < 1.29 is 14.3 Å². The van der Waals surface area contributed by atoms with Crippen LogP contribution in [0.15, 0.2) is 24.3 Å². The smallest absolute Gasteiger partial charge is 0.325 e. The minimum absolute atomic E-state index is 0.0734. The molecule has 1 aromatic rings. The number of para-hydroxylation sites is 1. The Morgan fingerprint density at radius 2 is 1.83 bits per heavy atom. The fraction of sp³-hybridized carbons (Fsp3) is 0.556. The lowest BCUT2D eigenvalue weighted by molar-refractivity contribution is -0.132. The van der Waals surface area contributed by atoms with Crippen LogP contribution < -0.4 is 10.1 Å². The maximum absolute atomic E-state index is 12.9. The summed E-state index contributed by atoms with van der Waals surface area (Å²) in [6.45, 7) is 2.74. The van der Waals surface area contributed by atoms with Crippen LogP contribution in [-0.2, 0) is 11.3 Å². The summed E-state index contributed by atoms with van der Waals surface area (Å²) in [6.07, 6.45) is 5.77. The number of rotatable bonds is 4. The van der Waals surface area contributed by atoms with Crippen molar-refractivity contribution in [1.82, 2.24) is 10.2 Å². The van der Waals surface area contributed by atoms with Crippen molar-refractivity contribution >= 4 is 11.9 Å². The van der Waals surface area contributed by atoms with Crippen molar-refractivity contribution in [3.63, 3.8) is 0 Å². The van der Waals surface area contributed by atoms with E-state index in [2.05, 4.69) is 5.32 Å². The number of hydrogen-bond donors (Lipinski definition) is 1. The van der Waals surface area contributed by atoms with Gasteiger partial charge in [0.05, 0.1) is 13.2 Å². The molecular weight excluding hydrogens is 292 g/mol. The number of urea groups is 1. The minimum Gasteiger partial charge on any atom is -0.494 e. The van der Waals surface area contributed by atoms with Crippen LogP contribution in [0, 0.1) is 0 Å². The Morgan fingerprint density at radius 1 is 1.13 bits per heavy atom. The van der Waals surface area contributed by atoms with E-state index >= 15 is 0 Å². The van der Waals surface area contributed by atoms with Crippen molar-refractivity contribution in [3.8, 4) is 5.75 Å². The summed E-state index contributed by atoms with van der Waals surface area (Å²) in [7, 11) is 0. The molecule has 3 amide bonds. The van der Waals surface area contributed by atoms with Crippen molar-refractivity contribution in [2.24, 2.45) is 0 Å². The molecule has 1 heterocycles. The van der Waals surface area contributed by atoms with Gasteiger partial charge in [0, 0.05) is 5.56 Å². The third kappa shape index (κ3) is 3.05. The van der Waals surface area contributed by atoms with Crippen LogP contribution >= 0.6 is 0 Å². The molecule has 0 bridgehead atoms. The molecule has 1 aliphatic carbocycles. The second kappa shape index (κ2) is 6.60. The Balaban J connectivity index is 1.81. The van der Waals surface area contributed by atoms with E-state index in [1.165, 1.54) is 4.90 Å². The average Bonchev–Trinajstić information content (AvgIpc) is 2.73. The molecule has 1 aliphatic heterocycles. The van der Waals surface area contributed by atoms with E-state index in [1.807, 2.05) is 31.2 Å². The Kier molecular flexibility index (Phi) is 4.55. The first-order valence-electron chi connectivity index (χ1n) is 8.51. The molecule has 2 fully saturated rings. The number of carbonyl (C=O) groups excluding carboxylic acids is 2. The van der Waals surface area contributed by atoms with Crippen molar-refractivity contribution in [2.45, 2.75) is 57.5 Å². The summed E-state index contributed by atoms with van der Waals surface area (Å²) in [5.41, 5.74) is 0.192. The number of nitrogens with zero attached hydrogens (tertiary/aromatic N) is 1. The lowest BCUT2D eigenvalue weighted by Crippen LogP contribution is -2.46. The van der Waals surface area contributed by atoms with Crippen LogP contribution in [0.5, 0.6) is 5.75 Å².